The maximum absolute atomic E-state index is 13.2. The zero-order chi connectivity index (χ0) is 14.9. The van der Waals surface area contributed by atoms with Crippen LogP contribution in [0.1, 0.15) is 25.0 Å². The lowest BCUT2D eigenvalue weighted by molar-refractivity contribution is -0.137. The molecule has 0 aliphatic carbocycles. The Bertz CT molecular complexity index is 478. The zero-order valence-corrected chi connectivity index (χ0v) is 12.3. The number of hydrogen-bond acceptors (Lipinski definition) is 3. The second-order valence-electron chi connectivity index (χ2n) is 5.02. The van der Waals surface area contributed by atoms with Crippen molar-refractivity contribution in [3.63, 3.8) is 0 Å². The van der Waals surface area contributed by atoms with E-state index in [0.29, 0.717) is 11.8 Å². The molecule has 2 rings (SSSR count). The van der Waals surface area contributed by atoms with Gasteiger partial charge in [-0.25, -0.2) is 0 Å². The van der Waals surface area contributed by atoms with Crippen LogP contribution in [0.2, 0.25) is 0 Å². The molecule has 20 heavy (non-hydrogen) atoms. The monoisotopic (exact) mass is 305 g/mol. The van der Waals surface area contributed by atoms with Crippen LogP contribution < -0.4 is 4.90 Å². The van der Waals surface area contributed by atoms with Crippen molar-refractivity contribution in [3.8, 4) is 0 Å². The molecule has 0 bridgehead atoms. The van der Waals surface area contributed by atoms with Gasteiger partial charge in [0.05, 0.1) is 12.2 Å². The molecule has 1 aromatic rings. The van der Waals surface area contributed by atoms with Gasteiger partial charge in [0.1, 0.15) is 0 Å². The molecule has 1 aromatic carbocycles. The number of nitrogens with zero attached hydrogens (tertiary/aromatic N) is 1. The number of rotatable bonds is 2. The SMILES string of the molecule is CC1SCCN(c2ccc(CO)cc2C(F)(F)F)C1C. The number of alkyl halides is 3. The molecule has 0 saturated carbocycles. The van der Waals surface area contributed by atoms with Gasteiger partial charge in [0.25, 0.3) is 0 Å². The fourth-order valence-corrected chi connectivity index (χ4v) is 3.53. The Morgan fingerprint density at radius 1 is 1.35 bits per heavy atom. The second kappa shape index (κ2) is 5.85. The maximum Gasteiger partial charge on any atom is 0.418 e. The highest BCUT2D eigenvalue weighted by Crippen LogP contribution is 2.40. The van der Waals surface area contributed by atoms with Crippen LogP contribution in [0.25, 0.3) is 0 Å². The van der Waals surface area contributed by atoms with E-state index in [1.54, 1.807) is 17.8 Å². The van der Waals surface area contributed by atoms with E-state index in [-0.39, 0.29) is 23.9 Å². The number of thioether (sulfide) groups is 1. The molecule has 0 spiro atoms. The summed E-state index contributed by atoms with van der Waals surface area (Å²) < 4.78 is 39.7. The Morgan fingerprint density at radius 2 is 2.05 bits per heavy atom. The second-order valence-corrected chi connectivity index (χ2v) is 6.50. The summed E-state index contributed by atoms with van der Waals surface area (Å²) in [5.41, 5.74) is -0.155. The van der Waals surface area contributed by atoms with Crippen molar-refractivity contribution in [2.45, 2.75) is 37.9 Å². The molecule has 112 valence electrons. The summed E-state index contributed by atoms with van der Waals surface area (Å²) >= 11 is 1.78. The van der Waals surface area contributed by atoms with Crippen molar-refractivity contribution in [2.24, 2.45) is 0 Å². The van der Waals surface area contributed by atoms with Gasteiger partial charge < -0.3 is 10.0 Å². The smallest absolute Gasteiger partial charge is 0.392 e. The minimum atomic E-state index is -4.41. The van der Waals surface area contributed by atoms with Crippen LogP contribution >= 0.6 is 11.8 Å². The minimum absolute atomic E-state index is 0.0508. The molecule has 1 N–H and O–H groups in total. The summed E-state index contributed by atoms with van der Waals surface area (Å²) in [6.07, 6.45) is -4.41. The van der Waals surface area contributed by atoms with E-state index in [1.807, 2.05) is 18.7 Å². The van der Waals surface area contributed by atoms with Crippen LogP contribution in [0.4, 0.5) is 18.9 Å². The largest absolute Gasteiger partial charge is 0.418 e. The van der Waals surface area contributed by atoms with Crippen LogP contribution in [-0.2, 0) is 12.8 Å². The van der Waals surface area contributed by atoms with Gasteiger partial charge in [0.2, 0.25) is 0 Å². The van der Waals surface area contributed by atoms with Gasteiger partial charge in [-0.3, -0.25) is 0 Å². The fourth-order valence-electron chi connectivity index (χ4n) is 2.43. The first-order chi connectivity index (χ1) is 9.34. The Hall–Kier alpha value is -0.880. The Morgan fingerprint density at radius 3 is 2.65 bits per heavy atom. The maximum atomic E-state index is 13.2. The van der Waals surface area contributed by atoms with Gasteiger partial charge in [0, 0.05) is 29.3 Å². The van der Waals surface area contributed by atoms with E-state index < -0.39 is 11.7 Å². The van der Waals surface area contributed by atoms with Crippen LogP contribution in [0.5, 0.6) is 0 Å². The summed E-state index contributed by atoms with van der Waals surface area (Å²) in [4.78, 5) is 1.82. The van der Waals surface area contributed by atoms with E-state index in [1.165, 1.54) is 6.07 Å². The first-order valence-electron chi connectivity index (χ1n) is 6.54. The predicted molar refractivity (Wildman–Crippen MR) is 76.1 cm³/mol. The van der Waals surface area contributed by atoms with Gasteiger partial charge in [-0.2, -0.15) is 24.9 Å². The topological polar surface area (TPSA) is 23.5 Å². The molecule has 1 saturated heterocycles. The summed E-state index contributed by atoms with van der Waals surface area (Å²) in [6.45, 7) is 4.22. The highest BCUT2D eigenvalue weighted by Gasteiger charge is 2.37. The summed E-state index contributed by atoms with van der Waals surface area (Å²) in [6, 6.07) is 4.14. The summed E-state index contributed by atoms with van der Waals surface area (Å²) in [5.74, 6) is 0.824. The normalized spacial score (nSPS) is 24.0. The number of aliphatic hydroxyl groups excluding tert-OH is 1. The van der Waals surface area contributed by atoms with Gasteiger partial charge in [-0.1, -0.05) is 13.0 Å². The quantitative estimate of drug-likeness (QED) is 0.904. The lowest BCUT2D eigenvalue weighted by Crippen LogP contribution is -2.45. The van der Waals surface area contributed by atoms with Crippen molar-refractivity contribution < 1.29 is 18.3 Å². The molecule has 0 radical (unpaired) electrons. The fraction of sp³-hybridized carbons (Fsp3) is 0.571. The van der Waals surface area contributed by atoms with Crippen molar-refractivity contribution in [1.29, 1.82) is 0 Å². The van der Waals surface area contributed by atoms with E-state index >= 15 is 0 Å². The van der Waals surface area contributed by atoms with Crippen LogP contribution in [0, 0.1) is 0 Å². The third-order valence-electron chi connectivity index (χ3n) is 3.74. The predicted octanol–water partition coefficient (Wildman–Crippen LogP) is 3.53. The van der Waals surface area contributed by atoms with Gasteiger partial charge in [0.15, 0.2) is 0 Å². The molecule has 1 aliphatic rings. The molecule has 0 aromatic heterocycles. The summed E-state index contributed by atoms with van der Waals surface area (Å²) in [7, 11) is 0. The molecule has 1 aliphatic heterocycles. The number of aliphatic hydroxyl groups is 1. The van der Waals surface area contributed by atoms with Crippen molar-refractivity contribution in [1.82, 2.24) is 0 Å². The van der Waals surface area contributed by atoms with E-state index in [4.69, 9.17) is 5.11 Å². The number of halogens is 3. The Labute approximate surface area is 121 Å². The average Bonchev–Trinajstić information content (AvgIpc) is 2.40. The third-order valence-corrected chi connectivity index (χ3v) is 5.08. The van der Waals surface area contributed by atoms with Crippen LogP contribution in [-0.4, -0.2) is 28.7 Å². The average molecular weight is 305 g/mol. The molecule has 2 unspecified atom stereocenters. The third kappa shape index (κ3) is 3.06. The highest BCUT2D eigenvalue weighted by atomic mass is 32.2. The Kier molecular flexibility index (Phi) is 4.54. The van der Waals surface area contributed by atoms with Crippen molar-refractivity contribution in [3.05, 3.63) is 29.3 Å². The molecule has 0 amide bonds. The molecule has 2 atom stereocenters. The van der Waals surface area contributed by atoms with Crippen molar-refractivity contribution in [2.75, 3.05) is 17.2 Å². The van der Waals surface area contributed by atoms with Gasteiger partial charge in [-0.15, -0.1) is 0 Å². The standard InChI is InChI=1S/C14H18F3NOS/c1-9-10(2)20-6-5-18(9)13-4-3-11(8-19)7-12(13)14(15,16)17/h3-4,7,9-10,19H,5-6,8H2,1-2H3. The minimum Gasteiger partial charge on any atom is -0.392 e. The van der Waals surface area contributed by atoms with E-state index in [9.17, 15) is 13.2 Å². The van der Waals surface area contributed by atoms with Crippen LogP contribution in [0.15, 0.2) is 18.2 Å². The Balaban J connectivity index is 2.45. The van der Waals surface area contributed by atoms with Gasteiger partial charge >= 0.3 is 6.18 Å². The molecule has 1 fully saturated rings. The molecular weight excluding hydrogens is 287 g/mol. The molecular formula is C14H18F3NOS. The van der Waals surface area contributed by atoms with Crippen molar-refractivity contribution >= 4 is 17.4 Å². The summed E-state index contributed by atoms with van der Waals surface area (Å²) in [5, 5.41) is 9.33. The van der Waals surface area contributed by atoms with E-state index in [0.717, 1.165) is 11.8 Å². The lowest BCUT2D eigenvalue weighted by Gasteiger charge is -2.40. The zero-order valence-electron chi connectivity index (χ0n) is 11.4. The molecule has 6 heteroatoms. The first-order valence-corrected chi connectivity index (χ1v) is 7.58. The number of hydrogen-bond donors (Lipinski definition) is 1. The number of anilines is 1. The van der Waals surface area contributed by atoms with E-state index in [2.05, 4.69) is 0 Å². The van der Waals surface area contributed by atoms with Crippen LogP contribution in [0.3, 0.4) is 0 Å². The molecule has 1 heterocycles. The lowest BCUT2D eigenvalue weighted by atomic mass is 10.0. The van der Waals surface area contributed by atoms with Gasteiger partial charge in [-0.05, 0) is 24.6 Å². The highest BCUT2D eigenvalue weighted by molar-refractivity contribution is 8.00. The first kappa shape index (κ1) is 15.5. The molecule has 2 nitrogen and oxygen atoms in total. The number of benzene rings is 1.